The van der Waals surface area contributed by atoms with Gasteiger partial charge in [0, 0.05) is 25.5 Å². The van der Waals surface area contributed by atoms with Gasteiger partial charge in [-0.3, -0.25) is 4.79 Å². The molecule has 0 unspecified atom stereocenters. The molecule has 0 bridgehead atoms. The first-order valence-corrected chi connectivity index (χ1v) is 9.63. The molecule has 134 valence electrons. The van der Waals surface area contributed by atoms with Gasteiger partial charge >= 0.3 is 0 Å². The molecule has 25 heavy (non-hydrogen) atoms. The molecule has 1 aliphatic rings. The number of carbonyl (C=O) groups excluding carboxylic acids is 1. The number of imidazole rings is 1. The van der Waals surface area contributed by atoms with Gasteiger partial charge in [-0.25, -0.2) is 18.4 Å². The van der Waals surface area contributed by atoms with Crippen LogP contribution in [0.15, 0.2) is 35.9 Å². The average Bonchev–Trinajstić information content (AvgIpc) is 3.05. The third-order valence-corrected chi connectivity index (χ3v) is 5.82. The van der Waals surface area contributed by atoms with Gasteiger partial charge in [-0.15, -0.1) is 0 Å². The van der Waals surface area contributed by atoms with Gasteiger partial charge in [-0.1, -0.05) is 6.42 Å². The lowest BCUT2D eigenvalue weighted by Crippen LogP contribution is -2.35. The van der Waals surface area contributed by atoms with Crippen LogP contribution in [0.5, 0.6) is 0 Å². The summed E-state index contributed by atoms with van der Waals surface area (Å²) >= 11 is 0. The van der Waals surface area contributed by atoms with Crippen LogP contribution < -0.4 is 5.32 Å². The summed E-state index contributed by atoms with van der Waals surface area (Å²) in [6.45, 7) is 2.92. The Morgan fingerprint density at radius 2 is 2.00 bits per heavy atom. The number of nitrogens with zero attached hydrogens (tertiary/aromatic N) is 4. The molecule has 1 N–H and O–H groups in total. The van der Waals surface area contributed by atoms with Crippen molar-refractivity contribution in [3.05, 3.63) is 36.4 Å². The molecule has 0 atom stereocenters. The Labute approximate surface area is 146 Å². The van der Waals surface area contributed by atoms with Crippen molar-refractivity contribution in [2.75, 3.05) is 18.4 Å². The lowest BCUT2D eigenvalue weighted by molar-refractivity contribution is -0.116. The quantitative estimate of drug-likeness (QED) is 0.866. The largest absolute Gasteiger partial charge is 0.327 e. The van der Waals surface area contributed by atoms with E-state index < -0.39 is 10.0 Å². The van der Waals surface area contributed by atoms with E-state index in [9.17, 15) is 13.2 Å². The van der Waals surface area contributed by atoms with Crippen molar-refractivity contribution in [1.82, 2.24) is 18.8 Å². The number of piperidine rings is 1. The van der Waals surface area contributed by atoms with Gasteiger partial charge in [0.05, 0.1) is 6.33 Å². The monoisotopic (exact) mass is 363 g/mol. The zero-order valence-electron chi connectivity index (χ0n) is 14.1. The molecule has 2 aromatic rings. The maximum absolute atomic E-state index is 12.6. The molecular formula is C16H21N5O3S. The second-order valence-corrected chi connectivity index (χ2v) is 8.00. The molecule has 9 heteroatoms. The van der Waals surface area contributed by atoms with E-state index in [2.05, 4.69) is 15.3 Å². The Hall–Kier alpha value is -2.26. The van der Waals surface area contributed by atoms with Crippen molar-refractivity contribution < 1.29 is 13.2 Å². The smallest absolute Gasteiger partial charge is 0.262 e. The molecule has 1 saturated heterocycles. The van der Waals surface area contributed by atoms with Crippen LogP contribution >= 0.6 is 0 Å². The number of hydrogen-bond donors (Lipinski definition) is 1. The summed E-state index contributed by atoms with van der Waals surface area (Å²) in [5.74, 6) is 0.170. The number of nitrogens with one attached hydrogen (secondary N) is 1. The SMILES string of the molecule is Cc1ccnc(NC(=O)Cn2cnc(S(=O)(=O)N3CCCCC3)c2)c1. The van der Waals surface area contributed by atoms with Crippen molar-refractivity contribution >= 4 is 21.7 Å². The Bertz CT molecular complexity index is 856. The van der Waals surface area contributed by atoms with Gasteiger partial charge in [0.2, 0.25) is 5.91 Å². The molecule has 0 aliphatic carbocycles. The van der Waals surface area contributed by atoms with Crippen molar-refractivity contribution in [2.45, 2.75) is 37.8 Å². The molecule has 1 aliphatic heterocycles. The first kappa shape index (κ1) is 17.6. The predicted molar refractivity (Wildman–Crippen MR) is 92.4 cm³/mol. The van der Waals surface area contributed by atoms with Crippen LogP contribution in [0.3, 0.4) is 0 Å². The molecule has 3 rings (SSSR count). The summed E-state index contributed by atoms with van der Waals surface area (Å²) in [6, 6.07) is 3.60. The highest BCUT2D eigenvalue weighted by Crippen LogP contribution is 2.19. The summed E-state index contributed by atoms with van der Waals surface area (Å²) in [5, 5.41) is 2.67. The van der Waals surface area contributed by atoms with Crippen LogP contribution in [0.1, 0.15) is 24.8 Å². The molecule has 1 fully saturated rings. The Kier molecular flexibility index (Phi) is 5.14. The number of aryl methyl sites for hydroxylation is 1. The zero-order chi connectivity index (χ0) is 17.9. The maximum Gasteiger partial charge on any atom is 0.262 e. The number of pyridine rings is 1. The van der Waals surface area contributed by atoms with E-state index in [4.69, 9.17) is 0 Å². The summed E-state index contributed by atoms with van der Waals surface area (Å²) in [6.07, 6.45) is 7.16. The van der Waals surface area contributed by atoms with E-state index in [1.54, 1.807) is 12.3 Å². The first-order chi connectivity index (χ1) is 11.9. The first-order valence-electron chi connectivity index (χ1n) is 8.19. The number of amides is 1. The van der Waals surface area contributed by atoms with Gasteiger partial charge in [0.25, 0.3) is 10.0 Å². The Morgan fingerprint density at radius 1 is 1.24 bits per heavy atom. The highest BCUT2D eigenvalue weighted by atomic mass is 32.2. The van der Waals surface area contributed by atoms with Gasteiger partial charge in [0.15, 0.2) is 5.03 Å². The van der Waals surface area contributed by atoms with Crippen LogP contribution in [0.2, 0.25) is 0 Å². The second kappa shape index (κ2) is 7.32. The van der Waals surface area contributed by atoms with E-state index in [1.165, 1.54) is 21.4 Å². The van der Waals surface area contributed by atoms with E-state index >= 15 is 0 Å². The second-order valence-electron chi connectivity index (χ2n) is 6.12. The topological polar surface area (TPSA) is 97.2 Å². The lowest BCUT2D eigenvalue weighted by atomic mass is 10.2. The van der Waals surface area contributed by atoms with Crippen LogP contribution in [0.4, 0.5) is 5.82 Å². The number of hydrogen-bond acceptors (Lipinski definition) is 5. The van der Waals surface area contributed by atoms with Crippen molar-refractivity contribution in [3.8, 4) is 0 Å². The standard InChI is InChI=1S/C16H21N5O3S/c1-13-5-6-17-14(9-13)19-15(22)10-20-11-16(18-12-20)25(23,24)21-7-3-2-4-8-21/h5-6,9,11-12H,2-4,7-8,10H2,1H3,(H,17,19,22). The number of aromatic nitrogens is 3. The third-order valence-electron chi connectivity index (χ3n) is 4.04. The molecule has 0 aromatic carbocycles. The van der Waals surface area contributed by atoms with E-state index in [0.29, 0.717) is 18.9 Å². The molecular weight excluding hydrogens is 342 g/mol. The van der Waals surface area contributed by atoms with Crippen molar-refractivity contribution in [3.63, 3.8) is 0 Å². The van der Waals surface area contributed by atoms with Crippen LogP contribution in [0.25, 0.3) is 0 Å². The fourth-order valence-electron chi connectivity index (χ4n) is 2.75. The fraction of sp³-hybridized carbons (Fsp3) is 0.438. The number of anilines is 1. The summed E-state index contributed by atoms with van der Waals surface area (Å²) in [5.41, 5.74) is 0.989. The summed E-state index contributed by atoms with van der Waals surface area (Å²) < 4.78 is 28.0. The number of rotatable bonds is 5. The molecule has 0 saturated carbocycles. The Balaban J connectivity index is 1.66. The molecule has 0 spiro atoms. The minimum absolute atomic E-state index is 0.0177. The van der Waals surface area contributed by atoms with Gasteiger partial charge < -0.3 is 9.88 Å². The highest BCUT2D eigenvalue weighted by molar-refractivity contribution is 7.89. The minimum Gasteiger partial charge on any atom is -0.327 e. The van der Waals surface area contributed by atoms with Crippen molar-refractivity contribution in [2.24, 2.45) is 0 Å². The average molecular weight is 363 g/mol. The predicted octanol–water partition coefficient (Wildman–Crippen LogP) is 1.40. The normalized spacial score (nSPS) is 15.9. The van der Waals surface area contributed by atoms with Crippen molar-refractivity contribution in [1.29, 1.82) is 0 Å². The lowest BCUT2D eigenvalue weighted by Gasteiger charge is -2.24. The fourth-order valence-corrected chi connectivity index (χ4v) is 4.20. The maximum atomic E-state index is 12.6. The van der Waals surface area contributed by atoms with E-state index in [-0.39, 0.29) is 17.5 Å². The molecule has 0 radical (unpaired) electrons. The number of carbonyl (C=O) groups is 1. The Morgan fingerprint density at radius 3 is 2.72 bits per heavy atom. The molecule has 1 amide bonds. The van der Waals surface area contributed by atoms with Gasteiger partial charge in [-0.2, -0.15) is 4.31 Å². The number of sulfonamides is 1. The van der Waals surface area contributed by atoms with E-state index in [1.807, 2.05) is 13.0 Å². The summed E-state index contributed by atoms with van der Waals surface area (Å²) in [7, 11) is -3.58. The highest BCUT2D eigenvalue weighted by Gasteiger charge is 2.28. The van der Waals surface area contributed by atoms with Crippen LogP contribution in [-0.4, -0.2) is 46.3 Å². The molecule has 3 heterocycles. The van der Waals surface area contributed by atoms with E-state index in [0.717, 1.165) is 24.8 Å². The van der Waals surface area contributed by atoms with Crippen LogP contribution in [0, 0.1) is 6.92 Å². The third kappa shape index (κ3) is 4.23. The van der Waals surface area contributed by atoms with Gasteiger partial charge in [-0.05, 0) is 37.5 Å². The zero-order valence-corrected chi connectivity index (χ0v) is 14.9. The molecule has 2 aromatic heterocycles. The van der Waals surface area contributed by atoms with Gasteiger partial charge in [0.1, 0.15) is 12.4 Å². The minimum atomic E-state index is -3.58. The van der Waals surface area contributed by atoms with Crippen LogP contribution in [-0.2, 0) is 21.4 Å². The molecule has 8 nitrogen and oxygen atoms in total. The summed E-state index contributed by atoms with van der Waals surface area (Å²) in [4.78, 5) is 20.1.